The first kappa shape index (κ1) is 28.9. The second-order valence-corrected chi connectivity index (χ2v) is 14.3. The van der Waals surface area contributed by atoms with E-state index in [9.17, 15) is 29.7 Å². The maximum atomic E-state index is 13.3. The van der Waals surface area contributed by atoms with Gasteiger partial charge >= 0.3 is 11.9 Å². The number of aldehydes is 1. The van der Waals surface area contributed by atoms with E-state index < -0.39 is 64.9 Å². The molecule has 42 heavy (non-hydrogen) atoms. The van der Waals surface area contributed by atoms with E-state index in [0.717, 1.165) is 11.9 Å². The number of fused-ring (bicyclic) bond motifs is 7. The molecule has 6 fully saturated rings. The number of carbonyl (C=O) groups is 3. The van der Waals surface area contributed by atoms with Gasteiger partial charge in [0.2, 0.25) is 12.1 Å². The summed E-state index contributed by atoms with van der Waals surface area (Å²) in [5.41, 5.74) is -2.03. The highest BCUT2D eigenvalue weighted by molar-refractivity contribution is 5.85. The monoisotopic (exact) mass is 590 g/mol. The standard InChI is InChI=1S/C31H42O11/c1-15-8-24(34)31(37)27(39-15)41-21-10-18-4-5-20-19(29(18,14-32)11-22(21)42-31)6-7-28(3)26(17-9-25(35)38-13-17)23(40-16(2)33)12-30(20,28)36/h9,14-15,18-24,26-27,34,36-37H,4-8,10-13H2,1-3H3/t15-,18+,19+,20-,21-,22-,23-,24-,26+,27+,28-,29-,30+,31+/m1/s1. The van der Waals surface area contributed by atoms with Gasteiger partial charge < -0.3 is 43.8 Å². The molecule has 0 unspecified atom stereocenters. The largest absolute Gasteiger partial charge is 0.462 e. The minimum absolute atomic E-state index is 0.00350. The predicted molar refractivity (Wildman–Crippen MR) is 142 cm³/mol. The average molecular weight is 591 g/mol. The molecular weight excluding hydrogens is 548 g/mol. The molecule has 7 rings (SSSR count). The summed E-state index contributed by atoms with van der Waals surface area (Å²) in [6.07, 6.45) is 2.19. The van der Waals surface area contributed by atoms with Crippen molar-refractivity contribution in [3.63, 3.8) is 0 Å². The maximum Gasteiger partial charge on any atom is 0.331 e. The fraction of sp³-hybridized carbons (Fsp3) is 0.839. The number of cyclic esters (lactones) is 1. The molecule has 3 aliphatic heterocycles. The first-order valence-corrected chi connectivity index (χ1v) is 15.5. The van der Waals surface area contributed by atoms with E-state index in [-0.39, 0.29) is 49.2 Å². The Labute approximate surface area is 244 Å². The zero-order chi connectivity index (χ0) is 29.8. The van der Waals surface area contributed by atoms with Crippen LogP contribution in [0.4, 0.5) is 0 Å². The highest BCUT2D eigenvalue weighted by Gasteiger charge is 2.73. The van der Waals surface area contributed by atoms with Crippen molar-refractivity contribution in [2.45, 2.75) is 120 Å². The smallest absolute Gasteiger partial charge is 0.331 e. The molecule has 4 saturated carbocycles. The van der Waals surface area contributed by atoms with Gasteiger partial charge in [0.25, 0.3) is 0 Å². The molecule has 232 valence electrons. The number of carbonyl (C=O) groups excluding carboxylic acids is 3. The summed E-state index contributed by atoms with van der Waals surface area (Å²) in [6.45, 7) is 5.30. The highest BCUT2D eigenvalue weighted by Crippen LogP contribution is 2.70. The zero-order valence-electron chi connectivity index (χ0n) is 24.4. The van der Waals surface area contributed by atoms with Crippen molar-refractivity contribution in [1.82, 2.24) is 0 Å². The Morgan fingerprint density at radius 3 is 2.57 bits per heavy atom. The molecule has 7 aliphatic rings. The fourth-order valence-corrected chi connectivity index (χ4v) is 10.6. The third-order valence-corrected chi connectivity index (χ3v) is 12.4. The summed E-state index contributed by atoms with van der Waals surface area (Å²) in [7, 11) is 0. The molecule has 0 amide bonds. The quantitative estimate of drug-likeness (QED) is 0.249. The van der Waals surface area contributed by atoms with Crippen LogP contribution < -0.4 is 0 Å². The number of hydrogen-bond acceptors (Lipinski definition) is 11. The molecule has 4 aliphatic carbocycles. The Balaban J connectivity index is 1.21. The minimum atomic E-state index is -2.02. The molecule has 11 heteroatoms. The van der Waals surface area contributed by atoms with E-state index in [1.807, 2.05) is 13.8 Å². The summed E-state index contributed by atoms with van der Waals surface area (Å²) in [4.78, 5) is 37.5. The predicted octanol–water partition coefficient (Wildman–Crippen LogP) is 1.54. The van der Waals surface area contributed by atoms with Crippen LogP contribution >= 0.6 is 0 Å². The van der Waals surface area contributed by atoms with Crippen LogP contribution in [0.15, 0.2) is 11.6 Å². The van der Waals surface area contributed by atoms with Crippen molar-refractivity contribution in [2.24, 2.45) is 34.5 Å². The number of rotatable bonds is 3. The summed E-state index contributed by atoms with van der Waals surface area (Å²) in [5, 5.41) is 34.8. The van der Waals surface area contributed by atoms with Crippen LogP contribution in [0.1, 0.15) is 72.1 Å². The van der Waals surface area contributed by atoms with Crippen molar-refractivity contribution in [1.29, 1.82) is 0 Å². The number of aliphatic hydroxyl groups excluding tert-OH is 1. The van der Waals surface area contributed by atoms with Crippen LogP contribution in [0, 0.1) is 34.5 Å². The Hall–Kier alpha value is -1.89. The Kier molecular flexibility index (Phi) is 6.56. The number of hydrogen-bond donors (Lipinski definition) is 3. The van der Waals surface area contributed by atoms with Gasteiger partial charge in [-0.15, -0.1) is 0 Å². The minimum Gasteiger partial charge on any atom is -0.462 e. The van der Waals surface area contributed by atoms with Crippen LogP contribution in [0.3, 0.4) is 0 Å². The van der Waals surface area contributed by atoms with Crippen LogP contribution in [0.2, 0.25) is 0 Å². The van der Waals surface area contributed by atoms with Gasteiger partial charge in [0.05, 0.1) is 23.9 Å². The van der Waals surface area contributed by atoms with Crippen LogP contribution in [0.5, 0.6) is 0 Å². The topological polar surface area (TPSA) is 158 Å². The SMILES string of the molecule is CC(=O)O[C@@H]1C[C@]2(O)[C@@H]3CC[C@H]4C[C@H]5O[C@@H]6O[C@H](C)C[C@@H](O)[C@]6(O)O[C@@H]5C[C@]4(C=O)[C@H]3CC[C@]2(C)[C@H]1C1=CC(=O)OC1. The first-order chi connectivity index (χ1) is 19.8. The lowest BCUT2D eigenvalue weighted by atomic mass is 9.42. The molecule has 3 heterocycles. The molecular formula is C31H42O11. The van der Waals surface area contributed by atoms with Gasteiger partial charge in [-0.25, -0.2) is 4.79 Å². The first-order valence-electron chi connectivity index (χ1n) is 15.5. The second kappa shape index (κ2) is 9.55. The molecule has 0 radical (unpaired) electrons. The second-order valence-electron chi connectivity index (χ2n) is 14.3. The molecule has 0 spiro atoms. The normalized spacial score (nSPS) is 54.7. The zero-order valence-corrected chi connectivity index (χ0v) is 24.4. The molecule has 14 atom stereocenters. The lowest BCUT2D eigenvalue weighted by Gasteiger charge is -2.64. The van der Waals surface area contributed by atoms with Gasteiger partial charge in [-0.3, -0.25) is 4.79 Å². The summed E-state index contributed by atoms with van der Waals surface area (Å²) in [6, 6.07) is 0. The van der Waals surface area contributed by atoms with Crippen molar-refractivity contribution in [3.05, 3.63) is 11.6 Å². The third-order valence-electron chi connectivity index (χ3n) is 12.4. The average Bonchev–Trinajstić information content (AvgIpc) is 3.43. The molecule has 11 nitrogen and oxygen atoms in total. The van der Waals surface area contributed by atoms with E-state index in [1.165, 1.54) is 13.0 Å². The van der Waals surface area contributed by atoms with Crippen molar-refractivity contribution < 1.29 is 53.4 Å². The van der Waals surface area contributed by atoms with Gasteiger partial charge in [-0.2, -0.15) is 0 Å². The summed E-state index contributed by atoms with van der Waals surface area (Å²) >= 11 is 0. The van der Waals surface area contributed by atoms with E-state index in [4.69, 9.17) is 23.7 Å². The summed E-state index contributed by atoms with van der Waals surface area (Å²) in [5.74, 6) is -3.69. The van der Waals surface area contributed by atoms with Crippen LogP contribution in [-0.4, -0.2) is 88.3 Å². The van der Waals surface area contributed by atoms with Gasteiger partial charge in [0.15, 0.2) is 0 Å². The fourth-order valence-electron chi connectivity index (χ4n) is 10.6. The lowest BCUT2D eigenvalue weighted by Crippen LogP contribution is -2.71. The van der Waals surface area contributed by atoms with Gasteiger partial charge in [-0.05, 0) is 68.8 Å². The molecule has 0 aromatic heterocycles. The molecule has 0 bridgehead atoms. The van der Waals surface area contributed by atoms with Crippen LogP contribution in [-0.2, 0) is 38.1 Å². The van der Waals surface area contributed by atoms with E-state index >= 15 is 0 Å². The Bertz CT molecular complexity index is 1200. The Morgan fingerprint density at radius 1 is 1.10 bits per heavy atom. The maximum absolute atomic E-state index is 13.3. The lowest BCUT2D eigenvalue weighted by molar-refractivity contribution is -0.457. The third kappa shape index (κ3) is 3.83. The number of ether oxygens (including phenoxy) is 5. The van der Waals surface area contributed by atoms with Gasteiger partial charge in [-0.1, -0.05) is 6.92 Å². The van der Waals surface area contributed by atoms with Crippen molar-refractivity contribution in [2.75, 3.05) is 6.61 Å². The molecule has 0 aromatic carbocycles. The molecule has 2 saturated heterocycles. The van der Waals surface area contributed by atoms with Crippen LogP contribution in [0.25, 0.3) is 0 Å². The molecule has 3 N–H and O–H groups in total. The highest BCUT2D eigenvalue weighted by atomic mass is 16.8. The van der Waals surface area contributed by atoms with Gasteiger partial charge in [0, 0.05) is 42.6 Å². The van der Waals surface area contributed by atoms with Gasteiger partial charge in [0.1, 0.15) is 25.1 Å². The summed E-state index contributed by atoms with van der Waals surface area (Å²) < 4.78 is 29.3. The molecule has 0 aromatic rings. The Morgan fingerprint density at radius 2 is 1.88 bits per heavy atom. The van der Waals surface area contributed by atoms with E-state index in [1.54, 1.807) is 0 Å². The van der Waals surface area contributed by atoms with E-state index in [2.05, 4.69) is 0 Å². The van der Waals surface area contributed by atoms with Crippen molar-refractivity contribution in [3.8, 4) is 0 Å². The van der Waals surface area contributed by atoms with Crippen molar-refractivity contribution >= 4 is 18.2 Å². The number of aliphatic hydroxyl groups is 3. The van der Waals surface area contributed by atoms with E-state index in [0.29, 0.717) is 38.5 Å². The number of esters is 2.